The Balaban J connectivity index is 1.48. The number of hydrogen-bond donors (Lipinski definition) is 0. The fraction of sp³-hybridized carbons (Fsp3) is 0.304. The molecule has 1 aromatic heterocycles. The third-order valence-corrected chi connectivity index (χ3v) is 5.55. The predicted octanol–water partition coefficient (Wildman–Crippen LogP) is 3.73. The molecule has 1 fully saturated rings. The van der Waals surface area contributed by atoms with Crippen LogP contribution in [0.25, 0.3) is 5.69 Å². The number of carbonyl (C=O) groups is 1. The Morgan fingerprint density at radius 2 is 1.70 bits per heavy atom. The van der Waals surface area contributed by atoms with Gasteiger partial charge in [0.25, 0.3) is 5.91 Å². The molecule has 0 radical (unpaired) electrons. The summed E-state index contributed by atoms with van der Waals surface area (Å²) >= 11 is 0. The van der Waals surface area contributed by atoms with Crippen LogP contribution in [0.2, 0.25) is 0 Å². The van der Waals surface area contributed by atoms with Crippen molar-refractivity contribution in [3.63, 3.8) is 0 Å². The summed E-state index contributed by atoms with van der Waals surface area (Å²) in [7, 11) is 0. The van der Waals surface area contributed by atoms with E-state index in [9.17, 15) is 13.6 Å². The summed E-state index contributed by atoms with van der Waals surface area (Å²) in [6.07, 6.45) is 0. The zero-order valence-corrected chi connectivity index (χ0v) is 17.1. The first-order chi connectivity index (χ1) is 14.4. The Labute approximate surface area is 174 Å². The Kier molecular flexibility index (Phi) is 5.63. The van der Waals surface area contributed by atoms with Crippen molar-refractivity contribution < 1.29 is 13.6 Å². The number of halogens is 2. The summed E-state index contributed by atoms with van der Waals surface area (Å²) in [6.45, 7) is 7.17. The number of piperazine rings is 1. The van der Waals surface area contributed by atoms with Crippen LogP contribution in [0.1, 0.15) is 27.3 Å². The van der Waals surface area contributed by atoms with Crippen LogP contribution in [0.15, 0.2) is 48.5 Å². The molecule has 2 heterocycles. The highest BCUT2D eigenvalue weighted by molar-refractivity contribution is 5.96. The van der Waals surface area contributed by atoms with Gasteiger partial charge in [-0.25, -0.2) is 13.5 Å². The largest absolute Gasteiger partial charge is 0.336 e. The lowest BCUT2D eigenvalue weighted by Gasteiger charge is -2.34. The van der Waals surface area contributed by atoms with Gasteiger partial charge in [0.05, 0.1) is 17.0 Å². The second kappa shape index (κ2) is 8.36. The summed E-state index contributed by atoms with van der Waals surface area (Å²) in [5.74, 6) is -1.46. The third-order valence-electron chi connectivity index (χ3n) is 5.55. The van der Waals surface area contributed by atoms with E-state index >= 15 is 0 Å². The second-order valence-electron chi connectivity index (χ2n) is 7.61. The molecular weight excluding hydrogens is 386 g/mol. The smallest absolute Gasteiger partial charge is 0.257 e. The van der Waals surface area contributed by atoms with Crippen LogP contribution >= 0.6 is 0 Å². The normalized spacial score (nSPS) is 14.9. The van der Waals surface area contributed by atoms with E-state index in [0.29, 0.717) is 30.0 Å². The summed E-state index contributed by atoms with van der Waals surface area (Å²) in [4.78, 5) is 17.3. The van der Waals surface area contributed by atoms with Crippen LogP contribution in [0, 0.1) is 25.5 Å². The number of aromatic nitrogens is 2. The van der Waals surface area contributed by atoms with E-state index in [2.05, 4.69) is 22.1 Å². The van der Waals surface area contributed by atoms with Crippen molar-refractivity contribution in [1.29, 1.82) is 0 Å². The average molecular weight is 410 g/mol. The van der Waals surface area contributed by atoms with E-state index < -0.39 is 11.6 Å². The van der Waals surface area contributed by atoms with Crippen molar-refractivity contribution in [3.8, 4) is 5.69 Å². The molecule has 0 spiro atoms. The van der Waals surface area contributed by atoms with Gasteiger partial charge in [0, 0.05) is 38.8 Å². The lowest BCUT2D eigenvalue weighted by molar-refractivity contribution is 0.0627. The van der Waals surface area contributed by atoms with Gasteiger partial charge in [-0.3, -0.25) is 9.69 Å². The molecule has 2 aromatic carbocycles. The summed E-state index contributed by atoms with van der Waals surface area (Å²) in [5.41, 5.74) is 2.95. The molecule has 5 nitrogen and oxygen atoms in total. The molecule has 0 saturated carbocycles. The van der Waals surface area contributed by atoms with Gasteiger partial charge in [-0.1, -0.05) is 30.3 Å². The van der Waals surface area contributed by atoms with Gasteiger partial charge in [0.2, 0.25) is 0 Å². The molecule has 7 heteroatoms. The standard InChI is InChI=1S/C23H24F2N4O/c1-16-22(17(2)29(26-16)21-9-8-19(24)14-20(21)25)23(30)28-12-10-27(11-13-28)15-18-6-4-3-5-7-18/h3-9,14H,10-13,15H2,1-2H3. The van der Waals surface area contributed by atoms with Crippen molar-refractivity contribution in [3.05, 3.63) is 82.7 Å². The van der Waals surface area contributed by atoms with Gasteiger partial charge in [-0.2, -0.15) is 5.10 Å². The molecule has 156 valence electrons. The zero-order chi connectivity index (χ0) is 21.3. The number of carbonyl (C=O) groups excluding carboxylic acids is 1. The lowest BCUT2D eigenvalue weighted by Crippen LogP contribution is -2.48. The molecule has 0 aliphatic carbocycles. The number of rotatable bonds is 4. The zero-order valence-electron chi connectivity index (χ0n) is 17.1. The van der Waals surface area contributed by atoms with Crippen LogP contribution in [0.5, 0.6) is 0 Å². The van der Waals surface area contributed by atoms with Crippen molar-refractivity contribution in [2.75, 3.05) is 26.2 Å². The van der Waals surface area contributed by atoms with E-state index in [1.54, 1.807) is 13.8 Å². The van der Waals surface area contributed by atoms with Crippen LogP contribution in [-0.2, 0) is 6.54 Å². The maximum absolute atomic E-state index is 14.2. The minimum Gasteiger partial charge on any atom is -0.336 e. The molecule has 1 amide bonds. The second-order valence-corrected chi connectivity index (χ2v) is 7.61. The molecule has 1 aliphatic heterocycles. The van der Waals surface area contributed by atoms with E-state index in [4.69, 9.17) is 0 Å². The molecule has 1 saturated heterocycles. The molecule has 3 aromatic rings. The fourth-order valence-electron chi connectivity index (χ4n) is 3.95. The summed E-state index contributed by atoms with van der Waals surface area (Å²) in [5, 5.41) is 4.35. The predicted molar refractivity (Wildman–Crippen MR) is 111 cm³/mol. The Morgan fingerprint density at radius 1 is 1.00 bits per heavy atom. The van der Waals surface area contributed by atoms with Gasteiger partial charge in [-0.15, -0.1) is 0 Å². The minimum absolute atomic E-state index is 0.0990. The van der Waals surface area contributed by atoms with E-state index in [0.717, 1.165) is 25.7 Å². The molecule has 1 aliphatic rings. The van der Waals surface area contributed by atoms with Crippen molar-refractivity contribution in [2.45, 2.75) is 20.4 Å². The highest BCUT2D eigenvalue weighted by atomic mass is 19.1. The lowest BCUT2D eigenvalue weighted by atomic mass is 10.1. The van der Waals surface area contributed by atoms with Crippen LogP contribution < -0.4 is 0 Å². The summed E-state index contributed by atoms with van der Waals surface area (Å²) in [6, 6.07) is 13.6. The molecule has 0 unspecified atom stereocenters. The number of benzene rings is 2. The Hall–Kier alpha value is -3.06. The van der Waals surface area contributed by atoms with Crippen LogP contribution in [-0.4, -0.2) is 51.7 Å². The van der Waals surface area contributed by atoms with Gasteiger partial charge in [0.15, 0.2) is 5.82 Å². The molecule has 0 atom stereocenters. The first-order valence-corrected chi connectivity index (χ1v) is 10.0. The highest BCUT2D eigenvalue weighted by Gasteiger charge is 2.27. The molecular formula is C23H24F2N4O. The third kappa shape index (κ3) is 3.98. The van der Waals surface area contributed by atoms with E-state index in [1.807, 2.05) is 23.1 Å². The number of nitrogens with zero attached hydrogens (tertiary/aromatic N) is 4. The quantitative estimate of drug-likeness (QED) is 0.658. The van der Waals surface area contributed by atoms with E-state index in [-0.39, 0.29) is 11.6 Å². The Morgan fingerprint density at radius 3 is 2.37 bits per heavy atom. The molecule has 30 heavy (non-hydrogen) atoms. The first kappa shape index (κ1) is 20.2. The van der Waals surface area contributed by atoms with Crippen LogP contribution in [0.4, 0.5) is 8.78 Å². The monoisotopic (exact) mass is 410 g/mol. The molecule has 0 N–H and O–H groups in total. The maximum atomic E-state index is 14.2. The number of aryl methyl sites for hydroxylation is 1. The van der Waals surface area contributed by atoms with Crippen molar-refractivity contribution >= 4 is 5.91 Å². The maximum Gasteiger partial charge on any atom is 0.257 e. The topological polar surface area (TPSA) is 41.4 Å². The number of amides is 1. The van der Waals surface area contributed by atoms with Crippen LogP contribution in [0.3, 0.4) is 0 Å². The fourth-order valence-corrected chi connectivity index (χ4v) is 3.95. The Bertz CT molecular complexity index is 1060. The molecule has 4 rings (SSSR count). The van der Waals surface area contributed by atoms with Gasteiger partial charge in [0.1, 0.15) is 11.5 Å². The van der Waals surface area contributed by atoms with Crippen molar-refractivity contribution in [2.24, 2.45) is 0 Å². The molecule has 0 bridgehead atoms. The van der Waals surface area contributed by atoms with Crippen molar-refractivity contribution in [1.82, 2.24) is 19.6 Å². The van der Waals surface area contributed by atoms with Gasteiger partial charge >= 0.3 is 0 Å². The SMILES string of the molecule is Cc1nn(-c2ccc(F)cc2F)c(C)c1C(=O)N1CCN(Cc2ccccc2)CC1. The average Bonchev–Trinajstić information content (AvgIpc) is 3.02. The number of hydrogen-bond acceptors (Lipinski definition) is 3. The van der Waals surface area contributed by atoms with Gasteiger partial charge < -0.3 is 4.90 Å². The van der Waals surface area contributed by atoms with Gasteiger partial charge in [-0.05, 0) is 31.5 Å². The first-order valence-electron chi connectivity index (χ1n) is 10.0. The highest BCUT2D eigenvalue weighted by Crippen LogP contribution is 2.23. The van der Waals surface area contributed by atoms with E-state index in [1.165, 1.54) is 22.4 Å². The minimum atomic E-state index is -0.714. The summed E-state index contributed by atoms with van der Waals surface area (Å²) < 4.78 is 28.9.